The monoisotopic (exact) mass is 345 g/mol. The highest BCUT2D eigenvalue weighted by Crippen LogP contribution is 2.39. The van der Waals surface area contributed by atoms with Crippen molar-refractivity contribution in [2.45, 2.75) is 18.9 Å². The Morgan fingerprint density at radius 2 is 1.79 bits per heavy atom. The zero-order valence-corrected chi connectivity index (χ0v) is 14.0. The van der Waals surface area contributed by atoms with Crippen molar-refractivity contribution in [1.29, 1.82) is 0 Å². The molecule has 7 heteroatoms. The Balaban J connectivity index is 2.64. The second kappa shape index (κ2) is 7.33. The van der Waals surface area contributed by atoms with Gasteiger partial charge in [-0.25, -0.2) is 4.99 Å². The lowest BCUT2D eigenvalue weighted by Crippen LogP contribution is -2.27. The predicted octanol–water partition coefficient (Wildman–Crippen LogP) is 2.21. The van der Waals surface area contributed by atoms with E-state index >= 15 is 0 Å². The van der Waals surface area contributed by atoms with Crippen LogP contribution >= 0.6 is 11.6 Å². The summed E-state index contributed by atoms with van der Waals surface area (Å²) in [5.41, 5.74) is 16.8. The van der Waals surface area contributed by atoms with Gasteiger partial charge in [0.2, 0.25) is 5.96 Å². The first-order chi connectivity index (χ1) is 11.4. The average molecular weight is 346 g/mol. The van der Waals surface area contributed by atoms with Gasteiger partial charge in [0, 0.05) is 10.6 Å². The summed E-state index contributed by atoms with van der Waals surface area (Å²) in [7, 11) is 0. The van der Waals surface area contributed by atoms with Gasteiger partial charge in [-0.05, 0) is 30.2 Å². The van der Waals surface area contributed by atoms with Crippen LogP contribution in [0.5, 0.6) is 0 Å². The second-order valence-electron chi connectivity index (χ2n) is 5.25. The fourth-order valence-electron chi connectivity index (χ4n) is 2.48. The number of aliphatic imine (C=N–C) groups is 2. The number of benzene rings is 2. The number of hydrogen-bond donors (Lipinski definition) is 4. The third kappa shape index (κ3) is 3.84. The van der Waals surface area contributed by atoms with Crippen molar-refractivity contribution in [3.8, 4) is 0 Å². The van der Waals surface area contributed by atoms with Gasteiger partial charge >= 0.3 is 0 Å². The first-order valence-electron chi connectivity index (χ1n) is 7.38. The van der Waals surface area contributed by atoms with Gasteiger partial charge in [0.05, 0.1) is 5.69 Å². The van der Waals surface area contributed by atoms with E-state index in [1.807, 2.05) is 37.3 Å². The van der Waals surface area contributed by atoms with Crippen molar-refractivity contribution in [3.05, 3.63) is 64.7 Å². The van der Waals surface area contributed by atoms with Crippen LogP contribution in [0.4, 0.5) is 5.69 Å². The lowest BCUT2D eigenvalue weighted by molar-refractivity contribution is 0.0771. The molecule has 2 aromatic rings. The number of halogens is 1. The molecule has 0 aliphatic rings. The van der Waals surface area contributed by atoms with E-state index in [1.165, 1.54) is 0 Å². The molecular formula is C17H20ClN5O. The molecule has 0 heterocycles. The highest BCUT2D eigenvalue weighted by Gasteiger charge is 2.32. The van der Waals surface area contributed by atoms with Crippen LogP contribution in [0.1, 0.15) is 24.5 Å². The number of hydrogen-bond acceptors (Lipinski definition) is 2. The van der Waals surface area contributed by atoms with Crippen LogP contribution in [-0.2, 0) is 5.60 Å². The molecule has 0 radical (unpaired) electrons. The average Bonchev–Trinajstić information content (AvgIpc) is 2.56. The van der Waals surface area contributed by atoms with Gasteiger partial charge in [0.1, 0.15) is 5.60 Å². The molecule has 0 saturated heterocycles. The van der Waals surface area contributed by atoms with E-state index in [0.717, 1.165) is 5.56 Å². The Morgan fingerprint density at radius 1 is 1.12 bits per heavy atom. The van der Waals surface area contributed by atoms with E-state index in [9.17, 15) is 5.11 Å². The minimum absolute atomic E-state index is 0.106. The summed E-state index contributed by atoms with van der Waals surface area (Å²) in [5, 5.41) is 11.8. The van der Waals surface area contributed by atoms with Gasteiger partial charge in [-0.15, -0.1) is 0 Å². The summed E-state index contributed by atoms with van der Waals surface area (Å²) >= 11 is 6.13. The predicted molar refractivity (Wildman–Crippen MR) is 98.3 cm³/mol. The van der Waals surface area contributed by atoms with Gasteiger partial charge in [-0.1, -0.05) is 48.9 Å². The Labute approximate surface area is 145 Å². The summed E-state index contributed by atoms with van der Waals surface area (Å²) in [4.78, 5) is 7.91. The van der Waals surface area contributed by atoms with Crippen molar-refractivity contribution in [3.63, 3.8) is 0 Å². The second-order valence-corrected chi connectivity index (χ2v) is 5.68. The summed E-state index contributed by atoms with van der Waals surface area (Å²) < 4.78 is 0. The van der Waals surface area contributed by atoms with Crippen molar-refractivity contribution < 1.29 is 5.11 Å². The lowest BCUT2D eigenvalue weighted by atomic mass is 9.83. The van der Waals surface area contributed by atoms with E-state index in [4.69, 9.17) is 28.8 Å². The molecule has 24 heavy (non-hydrogen) atoms. The first kappa shape index (κ1) is 17.8. The van der Waals surface area contributed by atoms with E-state index < -0.39 is 5.60 Å². The largest absolute Gasteiger partial charge is 0.380 e. The molecule has 6 nitrogen and oxygen atoms in total. The van der Waals surface area contributed by atoms with Gasteiger partial charge in [-0.3, -0.25) is 0 Å². The fraction of sp³-hybridized carbons (Fsp3) is 0.176. The van der Waals surface area contributed by atoms with Gasteiger partial charge in [0.15, 0.2) is 5.96 Å². The van der Waals surface area contributed by atoms with Gasteiger partial charge in [0.25, 0.3) is 0 Å². The lowest BCUT2D eigenvalue weighted by Gasteiger charge is -2.29. The molecular weight excluding hydrogens is 326 g/mol. The Hall–Kier alpha value is -2.57. The van der Waals surface area contributed by atoms with Crippen LogP contribution in [0.2, 0.25) is 5.02 Å². The minimum atomic E-state index is -1.27. The summed E-state index contributed by atoms with van der Waals surface area (Å²) in [6.45, 7) is 1.88. The van der Waals surface area contributed by atoms with E-state index in [0.29, 0.717) is 22.7 Å². The van der Waals surface area contributed by atoms with Crippen LogP contribution in [0.15, 0.2) is 58.5 Å². The van der Waals surface area contributed by atoms with E-state index in [2.05, 4.69) is 9.98 Å². The molecule has 0 aliphatic heterocycles. The molecule has 0 fully saturated rings. The van der Waals surface area contributed by atoms with Crippen LogP contribution in [0.3, 0.4) is 0 Å². The highest BCUT2D eigenvalue weighted by atomic mass is 35.5. The number of nitrogens with zero attached hydrogens (tertiary/aromatic N) is 2. The molecule has 7 N–H and O–H groups in total. The summed E-state index contributed by atoms with van der Waals surface area (Å²) in [5.74, 6) is -0.300. The zero-order chi connectivity index (χ0) is 17.7. The molecule has 1 atom stereocenters. The Morgan fingerprint density at radius 3 is 2.38 bits per heavy atom. The van der Waals surface area contributed by atoms with Crippen LogP contribution in [-0.4, -0.2) is 17.0 Å². The maximum atomic E-state index is 11.3. The Kier molecular flexibility index (Phi) is 5.43. The molecule has 0 amide bonds. The number of rotatable bonds is 4. The maximum absolute atomic E-state index is 11.3. The van der Waals surface area contributed by atoms with Crippen LogP contribution < -0.4 is 17.2 Å². The molecule has 1 unspecified atom stereocenters. The summed E-state index contributed by atoms with van der Waals surface area (Å²) in [6.07, 6.45) is 0.419. The number of aliphatic hydroxyl groups is 1. The molecule has 2 aromatic carbocycles. The SMILES string of the molecule is CCC(O)(c1ccccc1)c1cc(Cl)ccc1N=C(N)N=C(N)N. The number of guanidine groups is 2. The van der Waals surface area contributed by atoms with Crippen LogP contribution in [0, 0.1) is 0 Å². The van der Waals surface area contributed by atoms with E-state index in [1.54, 1.807) is 18.2 Å². The first-order valence-corrected chi connectivity index (χ1v) is 7.76. The smallest absolute Gasteiger partial charge is 0.223 e. The standard InChI is InChI=1S/C17H20ClN5O/c1-2-17(24,11-6-4-3-5-7-11)13-10-12(18)8-9-14(13)22-16(21)23-15(19)20/h3-10,24H,2H2,1H3,(H6,19,20,21,22,23). The van der Waals surface area contributed by atoms with Gasteiger partial charge in [-0.2, -0.15) is 4.99 Å². The normalized spacial score (nSPS) is 14.0. The van der Waals surface area contributed by atoms with Crippen LogP contribution in [0.25, 0.3) is 0 Å². The van der Waals surface area contributed by atoms with E-state index in [-0.39, 0.29) is 11.9 Å². The molecule has 0 spiro atoms. The molecule has 0 aromatic heterocycles. The molecule has 2 rings (SSSR count). The third-order valence-electron chi connectivity index (χ3n) is 3.65. The maximum Gasteiger partial charge on any atom is 0.223 e. The van der Waals surface area contributed by atoms with Crippen molar-refractivity contribution in [1.82, 2.24) is 0 Å². The quantitative estimate of drug-likeness (QED) is 0.501. The van der Waals surface area contributed by atoms with Crippen molar-refractivity contribution >= 4 is 29.2 Å². The third-order valence-corrected chi connectivity index (χ3v) is 3.88. The van der Waals surface area contributed by atoms with Gasteiger partial charge < -0.3 is 22.3 Å². The number of nitrogens with two attached hydrogens (primary N) is 3. The molecule has 0 bridgehead atoms. The zero-order valence-electron chi connectivity index (χ0n) is 13.3. The summed E-state index contributed by atoms with van der Waals surface area (Å²) in [6, 6.07) is 14.3. The van der Waals surface area contributed by atoms with Crippen molar-refractivity contribution in [2.75, 3.05) is 0 Å². The molecule has 0 saturated carbocycles. The topological polar surface area (TPSA) is 123 Å². The fourth-order valence-corrected chi connectivity index (χ4v) is 2.65. The molecule has 126 valence electrons. The Bertz CT molecular complexity index is 772. The minimum Gasteiger partial charge on any atom is -0.380 e. The van der Waals surface area contributed by atoms with Crippen molar-refractivity contribution in [2.24, 2.45) is 27.2 Å². The highest BCUT2D eigenvalue weighted by molar-refractivity contribution is 6.30. The molecule has 0 aliphatic carbocycles.